The van der Waals surface area contributed by atoms with Crippen LogP contribution in [-0.2, 0) is 10.0 Å². The predicted octanol–water partition coefficient (Wildman–Crippen LogP) is 3.48. The van der Waals surface area contributed by atoms with Gasteiger partial charge in [-0.15, -0.1) is 0 Å². The molecule has 0 heterocycles. The van der Waals surface area contributed by atoms with E-state index in [1.165, 1.54) is 19.2 Å². The van der Waals surface area contributed by atoms with Gasteiger partial charge in [0.15, 0.2) is 0 Å². The van der Waals surface area contributed by atoms with Crippen molar-refractivity contribution in [1.29, 1.82) is 0 Å². The van der Waals surface area contributed by atoms with E-state index in [0.717, 1.165) is 21.5 Å². The van der Waals surface area contributed by atoms with Crippen molar-refractivity contribution in [2.45, 2.75) is 18.7 Å². The van der Waals surface area contributed by atoms with Crippen LogP contribution >= 0.6 is 11.6 Å². The van der Waals surface area contributed by atoms with Crippen molar-refractivity contribution in [3.8, 4) is 0 Å². The van der Waals surface area contributed by atoms with Gasteiger partial charge in [0.05, 0.1) is 16.3 Å². The molecule has 0 aliphatic carbocycles. The Hall–Kier alpha value is -2.05. The molecule has 2 aromatic rings. The number of anilines is 1. The summed E-state index contributed by atoms with van der Waals surface area (Å²) >= 11 is 5.99. The van der Waals surface area contributed by atoms with Crippen LogP contribution in [0.5, 0.6) is 0 Å². The Morgan fingerprint density at radius 1 is 1.17 bits per heavy atom. The van der Waals surface area contributed by atoms with Gasteiger partial charge in [-0.25, -0.2) is 13.2 Å². The summed E-state index contributed by atoms with van der Waals surface area (Å²) in [4.78, 5) is 10.8. The standard InChI is InChI=1S/C16H16ClNO4S/c1-10-5-4-6-14(11(10)2)18(3)23(21,22)15-9-12(16(19)20)7-8-13(15)17/h4-9H,1-3H3,(H,19,20). The first-order valence-corrected chi connectivity index (χ1v) is 8.56. The monoisotopic (exact) mass is 353 g/mol. The number of carboxylic acid groups (broad SMARTS) is 1. The molecule has 0 unspecified atom stereocenters. The van der Waals surface area contributed by atoms with Crippen LogP contribution in [0.25, 0.3) is 0 Å². The van der Waals surface area contributed by atoms with Crippen LogP contribution in [0.2, 0.25) is 5.02 Å². The van der Waals surface area contributed by atoms with E-state index in [1.807, 2.05) is 19.9 Å². The van der Waals surface area contributed by atoms with Gasteiger partial charge < -0.3 is 5.11 Å². The van der Waals surface area contributed by atoms with Gasteiger partial charge in [-0.1, -0.05) is 23.7 Å². The number of aromatic carboxylic acids is 1. The number of carboxylic acids is 1. The van der Waals surface area contributed by atoms with E-state index in [0.29, 0.717) is 5.69 Å². The first-order chi connectivity index (χ1) is 10.7. The summed E-state index contributed by atoms with van der Waals surface area (Å²) in [6, 6.07) is 8.95. The molecule has 5 nitrogen and oxygen atoms in total. The van der Waals surface area contributed by atoms with Gasteiger partial charge in [0.2, 0.25) is 0 Å². The lowest BCUT2D eigenvalue weighted by Gasteiger charge is -2.23. The third-order valence-electron chi connectivity index (χ3n) is 3.73. The second-order valence-electron chi connectivity index (χ2n) is 5.14. The van der Waals surface area contributed by atoms with Gasteiger partial charge in [0.25, 0.3) is 10.0 Å². The highest BCUT2D eigenvalue weighted by Crippen LogP contribution is 2.30. The van der Waals surface area contributed by atoms with Crippen molar-refractivity contribution in [3.63, 3.8) is 0 Å². The van der Waals surface area contributed by atoms with Gasteiger partial charge >= 0.3 is 5.97 Å². The summed E-state index contributed by atoms with van der Waals surface area (Å²) in [5.74, 6) is -1.22. The van der Waals surface area contributed by atoms with Crippen LogP contribution < -0.4 is 4.31 Å². The molecule has 0 fully saturated rings. The molecule has 0 amide bonds. The van der Waals surface area contributed by atoms with Crippen molar-refractivity contribution < 1.29 is 18.3 Å². The highest BCUT2D eigenvalue weighted by molar-refractivity contribution is 7.93. The van der Waals surface area contributed by atoms with Crippen molar-refractivity contribution >= 4 is 33.3 Å². The third-order valence-corrected chi connectivity index (χ3v) is 5.98. The molecule has 0 radical (unpaired) electrons. The molecular weight excluding hydrogens is 338 g/mol. The zero-order valence-corrected chi connectivity index (χ0v) is 14.4. The van der Waals surface area contributed by atoms with E-state index in [2.05, 4.69) is 0 Å². The van der Waals surface area contributed by atoms with Crippen LogP contribution in [0.1, 0.15) is 21.5 Å². The average Bonchev–Trinajstić information content (AvgIpc) is 2.49. The Morgan fingerprint density at radius 3 is 2.43 bits per heavy atom. The first kappa shape index (κ1) is 17.3. The number of hydrogen-bond acceptors (Lipinski definition) is 3. The average molecular weight is 354 g/mol. The topological polar surface area (TPSA) is 74.7 Å². The number of sulfonamides is 1. The summed E-state index contributed by atoms with van der Waals surface area (Å²) in [5.41, 5.74) is 2.16. The Balaban J connectivity index is 2.60. The van der Waals surface area contributed by atoms with E-state index in [-0.39, 0.29) is 15.5 Å². The molecule has 23 heavy (non-hydrogen) atoms. The maximum absolute atomic E-state index is 12.8. The van der Waals surface area contributed by atoms with Crippen LogP contribution in [-0.4, -0.2) is 26.5 Å². The number of benzene rings is 2. The lowest BCUT2D eigenvalue weighted by molar-refractivity contribution is 0.0696. The molecule has 0 bridgehead atoms. The minimum absolute atomic E-state index is 0.0212. The first-order valence-electron chi connectivity index (χ1n) is 6.74. The molecule has 0 spiro atoms. The fraction of sp³-hybridized carbons (Fsp3) is 0.188. The Morgan fingerprint density at radius 2 is 1.83 bits per heavy atom. The largest absolute Gasteiger partial charge is 0.478 e. The van der Waals surface area contributed by atoms with Gasteiger partial charge in [0, 0.05) is 7.05 Å². The molecule has 1 N–H and O–H groups in total. The summed E-state index contributed by atoms with van der Waals surface area (Å²) in [6.45, 7) is 3.71. The smallest absolute Gasteiger partial charge is 0.335 e. The van der Waals surface area contributed by atoms with Crippen molar-refractivity contribution in [2.24, 2.45) is 0 Å². The molecule has 0 aliphatic rings. The van der Waals surface area contributed by atoms with Gasteiger partial charge in [-0.3, -0.25) is 4.31 Å². The second kappa shape index (κ2) is 6.22. The molecule has 7 heteroatoms. The fourth-order valence-electron chi connectivity index (χ4n) is 2.19. The van der Waals surface area contributed by atoms with Crippen molar-refractivity contribution in [1.82, 2.24) is 0 Å². The van der Waals surface area contributed by atoms with E-state index in [1.54, 1.807) is 12.1 Å². The Bertz CT molecular complexity index is 878. The molecular formula is C16H16ClNO4S. The lowest BCUT2D eigenvalue weighted by Crippen LogP contribution is -2.28. The number of nitrogens with zero attached hydrogens (tertiary/aromatic N) is 1. The maximum Gasteiger partial charge on any atom is 0.335 e. The molecule has 0 aliphatic heterocycles. The normalized spacial score (nSPS) is 11.3. The fourth-order valence-corrected chi connectivity index (χ4v) is 3.94. The molecule has 2 rings (SSSR count). The Kier molecular flexibility index (Phi) is 4.68. The molecule has 0 saturated heterocycles. The van der Waals surface area contributed by atoms with Crippen molar-refractivity contribution in [3.05, 3.63) is 58.1 Å². The van der Waals surface area contributed by atoms with Crippen molar-refractivity contribution in [2.75, 3.05) is 11.4 Å². The number of rotatable bonds is 4. The van der Waals surface area contributed by atoms with Gasteiger partial charge in [-0.2, -0.15) is 0 Å². The summed E-state index contributed by atoms with van der Waals surface area (Å²) in [5, 5.41) is 9.03. The zero-order valence-electron chi connectivity index (χ0n) is 12.9. The molecule has 0 aromatic heterocycles. The minimum atomic E-state index is -3.98. The van der Waals surface area contributed by atoms with Crippen LogP contribution in [0.15, 0.2) is 41.3 Å². The quantitative estimate of drug-likeness (QED) is 0.913. The summed E-state index contributed by atoms with van der Waals surface area (Å²) in [6.07, 6.45) is 0. The second-order valence-corrected chi connectivity index (χ2v) is 7.49. The van der Waals surface area contributed by atoms with E-state index >= 15 is 0 Å². The van der Waals surface area contributed by atoms with Crippen LogP contribution in [0.3, 0.4) is 0 Å². The predicted molar refractivity (Wildman–Crippen MR) is 89.9 cm³/mol. The number of aryl methyl sites for hydroxylation is 1. The van der Waals surface area contributed by atoms with E-state index in [4.69, 9.17) is 16.7 Å². The van der Waals surface area contributed by atoms with Gasteiger partial charge in [0.1, 0.15) is 4.90 Å². The SMILES string of the molecule is Cc1cccc(N(C)S(=O)(=O)c2cc(C(=O)O)ccc2Cl)c1C. The molecule has 0 saturated carbocycles. The maximum atomic E-state index is 12.8. The van der Waals surface area contributed by atoms with Crippen LogP contribution in [0, 0.1) is 13.8 Å². The highest BCUT2D eigenvalue weighted by atomic mass is 35.5. The highest BCUT2D eigenvalue weighted by Gasteiger charge is 2.26. The third kappa shape index (κ3) is 3.18. The number of carbonyl (C=O) groups is 1. The molecule has 122 valence electrons. The van der Waals surface area contributed by atoms with E-state index < -0.39 is 16.0 Å². The minimum Gasteiger partial charge on any atom is -0.478 e. The van der Waals surface area contributed by atoms with Gasteiger partial charge in [-0.05, 0) is 49.2 Å². The molecule has 0 atom stereocenters. The lowest BCUT2D eigenvalue weighted by atomic mass is 10.1. The molecule has 2 aromatic carbocycles. The Labute approximate surface area is 140 Å². The number of halogens is 1. The summed E-state index contributed by atoms with van der Waals surface area (Å²) < 4.78 is 26.8. The van der Waals surface area contributed by atoms with E-state index in [9.17, 15) is 13.2 Å². The summed E-state index contributed by atoms with van der Waals surface area (Å²) in [7, 11) is -2.56. The number of hydrogen-bond donors (Lipinski definition) is 1. The zero-order chi connectivity index (χ0) is 17.4. The van der Waals surface area contributed by atoms with Crippen LogP contribution in [0.4, 0.5) is 5.69 Å².